The van der Waals surface area contributed by atoms with Crippen LogP contribution in [0.25, 0.3) is 10.8 Å². The van der Waals surface area contributed by atoms with Gasteiger partial charge in [-0.1, -0.05) is 117 Å². The van der Waals surface area contributed by atoms with E-state index in [9.17, 15) is 9.90 Å². The largest absolute Gasteiger partial charge is 0.506 e. The number of unbranched alkanes of at least 4 members (excludes halogenated alkanes) is 12. The molecule has 2 N–H and O–H groups in total. The van der Waals surface area contributed by atoms with E-state index < -0.39 is 0 Å². The van der Waals surface area contributed by atoms with Crippen LogP contribution >= 0.6 is 15.9 Å². The minimum atomic E-state index is -0.216. The van der Waals surface area contributed by atoms with Gasteiger partial charge in [0.25, 0.3) is 5.91 Å². The highest BCUT2D eigenvalue weighted by Gasteiger charge is 2.15. The molecule has 3 nitrogen and oxygen atoms in total. The lowest BCUT2D eigenvalue weighted by Crippen LogP contribution is -2.24. The Morgan fingerprint density at radius 3 is 2.03 bits per heavy atom. The summed E-state index contributed by atoms with van der Waals surface area (Å²) in [6, 6.07) is 9.24. The van der Waals surface area contributed by atoms with Crippen LogP contribution in [-0.4, -0.2) is 17.6 Å². The van der Waals surface area contributed by atoms with Gasteiger partial charge in [0.2, 0.25) is 0 Å². The molecule has 4 heteroatoms. The number of rotatable bonds is 17. The van der Waals surface area contributed by atoms with Crippen molar-refractivity contribution in [2.75, 3.05) is 6.54 Å². The van der Waals surface area contributed by atoms with Crippen molar-refractivity contribution in [2.24, 2.45) is 0 Å². The summed E-state index contributed by atoms with van der Waals surface area (Å²) >= 11 is 3.51. The summed E-state index contributed by atoms with van der Waals surface area (Å²) in [5.41, 5.74) is 0.324. The fourth-order valence-corrected chi connectivity index (χ4v) is 4.73. The summed E-state index contributed by atoms with van der Waals surface area (Å²) in [6.45, 7) is 2.91. The fourth-order valence-electron chi connectivity index (χ4n) is 4.16. The number of halogens is 1. The Kier molecular flexibility index (Phi) is 13.9. The molecule has 0 aliphatic rings. The van der Waals surface area contributed by atoms with Crippen molar-refractivity contribution >= 4 is 32.6 Å². The predicted octanol–water partition coefficient (Wildman–Crippen LogP) is 9.08. The Labute approximate surface area is 209 Å². The Hall–Kier alpha value is -1.81. The average Bonchev–Trinajstić information content (AvgIpc) is 2.83. The Balaban J connectivity index is 1.49. The molecule has 0 atom stereocenters. The lowest BCUT2D eigenvalue weighted by molar-refractivity contribution is 0.0950. The molecule has 1 amide bonds. The third kappa shape index (κ3) is 10.3. The molecule has 182 valence electrons. The van der Waals surface area contributed by atoms with Crippen molar-refractivity contribution in [3.05, 3.63) is 52.5 Å². The molecule has 0 saturated heterocycles. The van der Waals surface area contributed by atoms with Crippen molar-refractivity contribution in [1.29, 1.82) is 0 Å². The Morgan fingerprint density at radius 2 is 1.39 bits per heavy atom. The molecular formula is C29H42BrNO2. The fraction of sp³-hybridized carbons (Fsp3) is 0.552. The van der Waals surface area contributed by atoms with Gasteiger partial charge in [0.05, 0.1) is 5.56 Å². The number of carbonyl (C=O) groups is 1. The van der Waals surface area contributed by atoms with Gasteiger partial charge in [0, 0.05) is 16.4 Å². The molecule has 0 aromatic heterocycles. The second-order valence-electron chi connectivity index (χ2n) is 8.99. The molecule has 0 radical (unpaired) electrons. The van der Waals surface area contributed by atoms with Gasteiger partial charge in [-0.05, 0) is 43.6 Å². The standard InChI is InChI=1S/C29H42BrNO2/c1-2-3-4-5-6-7-8-9-10-11-12-13-14-15-16-19-22-31-29(33)26-23-27(30)24-20-17-18-21-25(24)28(26)32/h9-10,17-18,20-21,23,32H,2-8,11-16,19,22H2,1H3,(H,31,33)/b10-9-. The number of allylic oxidation sites excluding steroid dienone is 2. The van der Waals surface area contributed by atoms with Gasteiger partial charge in [-0.3, -0.25) is 4.79 Å². The molecule has 2 rings (SSSR count). The first-order valence-corrected chi connectivity index (χ1v) is 13.8. The molecule has 0 spiro atoms. The number of carbonyl (C=O) groups excluding carboxylic acids is 1. The van der Waals surface area contributed by atoms with Crippen molar-refractivity contribution in [1.82, 2.24) is 5.32 Å². The highest BCUT2D eigenvalue weighted by atomic mass is 79.9. The zero-order valence-corrected chi connectivity index (χ0v) is 22.0. The van der Waals surface area contributed by atoms with E-state index in [-0.39, 0.29) is 11.7 Å². The van der Waals surface area contributed by atoms with E-state index in [4.69, 9.17) is 0 Å². The molecule has 33 heavy (non-hydrogen) atoms. The minimum Gasteiger partial charge on any atom is -0.506 e. The van der Waals surface area contributed by atoms with Gasteiger partial charge in [0.1, 0.15) is 5.75 Å². The van der Waals surface area contributed by atoms with E-state index >= 15 is 0 Å². The summed E-state index contributed by atoms with van der Waals surface area (Å²) in [6.07, 6.45) is 22.5. The predicted molar refractivity (Wildman–Crippen MR) is 145 cm³/mol. The number of aromatic hydroxyl groups is 1. The molecule has 2 aromatic carbocycles. The maximum atomic E-state index is 12.5. The topological polar surface area (TPSA) is 49.3 Å². The monoisotopic (exact) mass is 515 g/mol. The first-order chi connectivity index (χ1) is 16.1. The van der Waals surface area contributed by atoms with Gasteiger partial charge in [-0.2, -0.15) is 0 Å². The lowest BCUT2D eigenvalue weighted by atomic mass is 10.0. The Morgan fingerprint density at radius 1 is 0.848 bits per heavy atom. The number of benzene rings is 2. The van der Waals surface area contributed by atoms with Crippen molar-refractivity contribution in [3.8, 4) is 5.75 Å². The smallest absolute Gasteiger partial charge is 0.255 e. The number of hydrogen-bond donors (Lipinski definition) is 2. The third-order valence-electron chi connectivity index (χ3n) is 6.18. The number of hydrogen-bond acceptors (Lipinski definition) is 2. The minimum absolute atomic E-state index is 0.0484. The van der Waals surface area contributed by atoms with Gasteiger partial charge in [0.15, 0.2) is 0 Å². The molecule has 0 saturated carbocycles. The maximum absolute atomic E-state index is 12.5. The summed E-state index contributed by atoms with van der Waals surface area (Å²) in [5.74, 6) is -0.168. The van der Waals surface area contributed by atoms with E-state index in [0.717, 1.165) is 22.7 Å². The maximum Gasteiger partial charge on any atom is 0.255 e. The average molecular weight is 517 g/mol. The van der Waals surface area contributed by atoms with E-state index in [1.165, 1.54) is 77.0 Å². The van der Waals surface area contributed by atoms with Crippen LogP contribution < -0.4 is 5.32 Å². The van der Waals surface area contributed by atoms with Crippen LogP contribution in [0.1, 0.15) is 107 Å². The number of nitrogens with one attached hydrogen (secondary N) is 1. The lowest BCUT2D eigenvalue weighted by Gasteiger charge is -2.10. The zero-order valence-electron chi connectivity index (χ0n) is 20.4. The van der Waals surface area contributed by atoms with Crippen LogP contribution in [0, 0.1) is 0 Å². The molecule has 0 unspecified atom stereocenters. The summed E-state index contributed by atoms with van der Waals surface area (Å²) in [7, 11) is 0. The van der Waals surface area contributed by atoms with E-state index in [1.54, 1.807) is 6.07 Å². The molecule has 0 aliphatic carbocycles. The van der Waals surface area contributed by atoms with Crippen LogP contribution in [-0.2, 0) is 0 Å². The van der Waals surface area contributed by atoms with Crippen LogP contribution in [0.15, 0.2) is 47.0 Å². The van der Waals surface area contributed by atoms with E-state index in [0.29, 0.717) is 17.5 Å². The Bertz CT molecular complexity index is 862. The number of phenolic OH excluding ortho intramolecular Hbond substituents is 1. The van der Waals surface area contributed by atoms with Crippen LogP contribution in [0.4, 0.5) is 0 Å². The molecule has 0 heterocycles. The van der Waals surface area contributed by atoms with Crippen LogP contribution in [0.5, 0.6) is 5.75 Å². The summed E-state index contributed by atoms with van der Waals surface area (Å²) < 4.78 is 0.818. The quantitative estimate of drug-likeness (QED) is 0.163. The first kappa shape index (κ1) is 27.4. The van der Waals surface area contributed by atoms with Crippen molar-refractivity contribution < 1.29 is 9.90 Å². The highest BCUT2D eigenvalue weighted by Crippen LogP contribution is 2.34. The van der Waals surface area contributed by atoms with Crippen molar-refractivity contribution in [2.45, 2.75) is 96.8 Å². The zero-order chi connectivity index (χ0) is 23.7. The van der Waals surface area contributed by atoms with Gasteiger partial charge in [-0.15, -0.1) is 0 Å². The number of phenols is 1. The summed E-state index contributed by atoms with van der Waals surface area (Å²) in [4.78, 5) is 12.5. The van der Waals surface area contributed by atoms with Gasteiger partial charge < -0.3 is 10.4 Å². The second kappa shape index (κ2) is 16.7. The van der Waals surface area contributed by atoms with E-state index in [1.807, 2.05) is 24.3 Å². The van der Waals surface area contributed by atoms with Gasteiger partial charge >= 0.3 is 0 Å². The SMILES string of the molecule is CCCCCCCC/C=C\CCCCCCCCNC(=O)c1cc(Br)c2ccccc2c1O. The molecular weight excluding hydrogens is 474 g/mol. The molecule has 0 aliphatic heterocycles. The number of amides is 1. The second-order valence-corrected chi connectivity index (χ2v) is 9.85. The highest BCUT2D eigenvalue weighted by molar-refractivity contribution is 9.10. The van der Waals surface area contributed by atoms with Crippen molar-refractivity contribution in [3.63, 3.8) is 0 Å². The number of fused-ring (bicyclic) bond motifs is 1. The van der Waals surface area contributed by atoms with E-state index in [2.05, 4.69) is 40.3 Å². The van der Waals surface area contributed by atoms with Crippen LogP contribution in [0.2, 0.25) is 0 Å². The molecule has 0 fully saturated rings. The summed E-state index contributed by atoms with van der Waals surface area (Å²) in [5, 5.41) is 15.0. The normalized spacial score (nSPS) is 11.5. The first-order valence-electron chi connectivity index (χ1n) is 13.0. The van der Waals surface area contributed by atoms with Gasteiger partial charge in [-0.25, -0.2) is 0 Å². The molecule has 0 bridgehead atoms. The third-order valence-corrected chi connectivity index (χ3v) is 6.84. The van der Waals surface area contributed by atoms with Crippen LogP contribution in [0.3, 0.4) is 0 Å². The molecule has 2 aromatic rings.